The van der Waals surface area contributed by atoms with Crippen LogP contribution in [0.25, 0.3) is 16.9 Å². The third-order valence-corrected chi connectivity index (χ3v) is 3.97. The number of aromatic nitrogens is 3. The van der Waals surface area contributed by atoms with Crippen LogP contribution >= 0.6 is 0 Å². The van der Waals surface area contributed by atoms with E-state index in [-0.39, 0.29) is 16.9 Å². The summed E-state index contributed by atoms with van der Waals surface area (Å²) in [5, 5.41) is 0. The Hall–Kier alpha value is -3.09. The first-order chi connectivity index (χ1) is 11.8. The Morgan fingerprint density at radius 2 is 2.04 bits per heavy atom. The van der Waals surface area contributed by atoms with Crippen LogP contribution in [0.2, 0.25) is 0 Å². The van der Waals surface area contributed by atoms with Crippen LogP contribution in [0, 0.1) is 13.8 Å². The Balaban J connectivity index is 2.34. The van der Waals surface area contributed by atoms with Crippen LogP contribution in [0.5, 0.6) is 0 Å². The molecule has 2 N–H and O–H groups in total. The van der Waals surface area contributed by atoms with E-state index >= 15 is 0 Å². The number of imidazole rings is 1. The van der Waals surface area contributed by atoms with Gasteiger partial charge < -0.3 is 10.2 Å². The highest BCUT2D eigenvalue weighted by Gasteiger charge is 2.18. The van der Waals surface area contributed by atoms with E-state index in [0.717, 1.165) is 22.7 Å². The molecule has 0 saturated carbocycles. The quantitative estimate of drug-likeness (QED) is 0.738. The van der Waals surface area contributed by atoms with Gasteiger partial charge in [-0.05, 0) is 33.8 Å². The van der Waals surface area contributed by atoms with E-state index in [1.54, 1.807) is 15.2 Å². The number of furan rings is 1. The Kier molecular flexibility index (Phi) is 4.08. The maximum absolute atomic E-state index is 13.0. The van der Waals surface area contributed by atoms with Crippen molar-refractivity contribution in [3.63, 3.8) is 0 Å². The zero-order chi connectivity index (χ0) is 18.3. The molecule has 0 aliphatic rings. The molecule has 0 fully saturated rings. The van der Waals surface area contributed by atoms with Gasteiger partial charge in [-0.2, -0.15) is 0 Å². The minimum absolute atomic E-state index is 0.0584. The lowest BCUT2D eigenvalue weighted by atomic mass is 10.1. The summed E-state index contributed by atoms with van der Waals surface area (Å²) < 4.78 is 8.78. The van der Waals surface area contributed by atoms with Gasteiger partial charge >= 0.3 is 0 Å². The summed E-state index contributed by atoms with van der Waals surface area (Å²) in [6, 6.07) is 1.89. The van der Waals surface area contributed by atoms with Gasteiger partial charge in [-0.1, -0.05) is 11.6 Å². The second kappa shape index (κ2) is 6.08. The van der Waals surface area contributed by atoms with E-state index in [4.69, 9.17) is 10.2 Å². The van der Waals surface area contributed by atoms with Crippen molar-refractivity contribution in [1.82, 2.24) is 14.0 Å². The van der Waals surface area contributed by atoms with Crippen LogP contribution in [0.3, 0.4) is 0 Å². The molecule has 0 atom stereocenters. The first kappa shape index (κ1) is 16.8. The van der Waals surface area contributed by atoms with Gasteiger partial charge in [0.2, 0.25) is 5.65 Å². The van der Waals surface area contributed by atoms with Crippen molar-refractivity contribution in [2.75, 3.05) is 0 Å². The van der Waals surface area contributed by atoms with Crippen molar-refractivity contribution in [2.45, 2.75) is 34.2 Å². The van der Waals surface area contributed by atoms with Crippen LogP contribution in [-0.4, -0.2) is 19.9 Å². The molecule has 25 heavy (non-hydrogen) atoms. The van der Waals surface area contributed by atoms with E-state index in [9.17, 15) is 9.59 Å². The smallest absolute Gasteiger partial charge is 0.295 e. The lowest BCUT2D eigenvalue weighted by Crippen LogP contribution is -2.24. The molecule has 0 radical (unpaired) electrons. The average Bonchev–Trinajstić information content (AvgIpc) is 3.09. The second-order valence-electron chi connectivity index (χ2n) is 6.26. The zero-order valence-corrected chi connectivity index (χ0v) is 14.7. The summed E-state index contributed by atoms with van der Waals surface area (Å²) in [6.45, 7) is 8.05. The number of carbonyl (C=O) groups is 1. The van der Waals surface area contributed by atoms with Crippen molar-refractivity contribution in [1.29, 1.82) is 0 Å². The van der Waals surface area contributed by atoms with E-state index in [1.807, 2.05) is 39.8 Å². The Bertz CT molecular complexity index is 1060. The molecule has 0 saturated heterocycles. The Labute approximate surface area is 144 Å². The number of fused-ring (bicyclic) bond motifs is 1. The topological polar surface area (TPSA) is 95.5 Å². The summed E-state index contributed by atoms with van der Waals surface area (Å²) in [7, 11) is 0. The molecular formula is C18H20N4O3. The number of allylic oxidation sites excluding steroid dienone is 2. The van der Waals surface area contributed by atoms with Gasteiger partial charge in [0, 0.05) is 24.5 Å². The number of hydrogen-bond donors (Lipinski definition) is 1. The molecule has 0 bridgehead atoms. The van der Waals surface area contributed by atoms with E-state index in [1.165, 1.54) is 6.20 Å². The first-order valence-corrected chi connectivity index (χ1v) is 7.91. The Morgan fingerprint density at radius 1 is 1.32 bits per heavy atom. The number of nitrogens with zero attached hydrogens (tertiary/aromatic N) is 3. The fraction of sp³-hybridized carbons (Fsp3) is 0.278. The number of hydrogen-bond acceptors (Lipinski definition) is 4. The van der Waals surface area contributed by atoms with Crippen molar-refractivity contribution < 1.29 is 9.21 Å². The van der Waals surface area contributed by atoms with Gasteiger partial charge in [0.15, 0.2) is 0 Å². The van der Waals surface area contributed by atoms with Crippen molar-refractivity contribution in [3.05, 3.63) is 57.7 Å². The third-order valence-electron chi connectivity index (χ3n) is 3.97. The van der Waals surface area contributed by atoms with Gasteiger partial charge in [0.1, 0.15) is 17.2 Å². The highest BCUT2D eigenvalue weighted by Crippen LogP contribution is 2.26. The summed E-state index contributed by atoms with van der Waals surface area (Å²) in [6.07, 6.45) is 5.20. The maximum atomic E-state index is 13.0. The SMILES string of the molecule is CC(C)=CCn1c(-c2cc(C)oc2C)cn2cc(C(N)=O)nc2c1=O. The summed E-state index contributed by atoms with van der Waals surface area (Å²) >= 11 is 0. The summed E-state index contributed by atoms with van der Waals surface area (Å²) in [5.41, 5.74) is 7.84. The van der Waals surface area contributed by atoms with Gasteiger partial charge in [-0.3, -0.25) is 18.6 Å². The molecule has 0 aliphatic heterocycles. The molecule has 3 aromatic rings. The molecule has 7 nitrogen and oxygen atoms in total. The minimum atomic E-state index is -0.671. The number of aryl methyl sites for hydroxylation is 2. The third kappa shape index (κ3) is 3.00. The number of primary amides is 1. The molecule has 1 amide bonds. The number of carbonyl (C=O) groups excluding carboxylic acids is 1. The van der Waals surface area contributed by atoms with Crippen LogP contribution in [-0.2, 0) is 6.54 Å². The van der Waals surface area contributed by atoms with Gasteiger partial charge in [-0.25, -0.2) is 4.98 Å². The van der Waals surface area contributed by atoms with Gasteiger partial charge in [0.05, 0.1) is 5.69 Å². The minimum Gasteiger partial charge on any atom is -0.466 e. The fourth-order valence-electron chi connectivity index (χ4n) is 2.76. The lowest BCUT2D eigenvalue weighted by molar-refractivity contribution is 0.0996. The van der Waals surface area contributed by atoms with E-state index < -0.39 is 5.91 Å². The van der Waals surface area contributed by atoms with Crippen LogP contribution in [0.4, 0.5) is 0 Å². The number of amides is 1. The van der Waals surface area contributed by atoms with Crippen molar-refractivity contribution in [2.24, 2.45) is 5.73 Å². The summed E-state index contributed by atoms with van der Waals surface area (Å²) in [5.74, 6) is 0.811. The number of rotatable bonds is 4. The predicted octanol–water partition coefficient (Wildman–Crippen LogP) is 2.44. The standard InChI is InChI=1S/C18H20N4O3/c1-10(2)5-6-22-15(13-7-11(3)25-12(13)4)9-21-8-14(16(19)23)20-17(21)18(22)24/h5,7-9H,6H2,1-4H3,(H2,19,23). The molecule has 7 heteroatoms. The van der Waals surface area contributed by atoms with Crippen LogP contribution in [0.15, 0.2) is 39.3 Å². The largest absolute Gasteiger partial charge is 0.466 e. The molecule has 3 aromatic heterocycles. The van der Waals surface area contributed by atoms with Crippen molar-refractivity contribution in [3.8, 4) is 11.3 Å². The molecular weight excluding hydrogens is 320 g/mol. The molecule has 0 unspecified atom stereocenters. The molecule has 0 aromatic carbocycles. The van der Waals surface area contributed by atoms with E-state index in [0.29, 0.717) is 12.2 Å². The average molecular weight is 340 g/mol. The van der Waals surface area contributed by atoms with E-state index in [2.05, 4.69) is 4.98 Å². The monoisotopic (exact) mass is 340 g/mol. The van der Waals surface area contributed by atoms with Gasteiger partial charge in [-0.15, -0.1) is 0 Å². The van der Waals surface area contributed by atoms with Crippen molar-refractivity contribution >= 4 is 11.6 Å². The maximum Gasteiger partial charge on any atom is 0.295 e. The molecule has 3 heterocycles. The highest BCUT2D eigenvalue weighted by atomic mass is 16.3. The predicted molar refractivity (Wildman–Crippen MR) is 94.6 cm³/mol. The number of nitrogens with two attached hydrogens (primary N) is 1. The first-order valence-electron chi connectivity index (χ1n) is 7.91. The fourth-order valence-corrected chi connectivity index (χ4v) is 2.76. The lowest BCUT2D eigenvalue weighted by Gasteiger charge is -2.11. The molecule has 0 spiro atoms. The van der Waals surface area contributed by atoms with Gasteiger partial charge in [0.25, 0.3) is 11.5 Å². The molecule has 0 aliphatic carbocycles. The Morgan fingerprint density at radius 3 is 2.60 bits per heavy atom. The zero-order valence-electron chi connectivity index (χ0n) is 14.7. The highest BCUT2D eigenvalue weighted by molar-refractivity contribution is 5.91. The second-order valence-corrected chi connectivity index (χ2v) is 6.26. The molecule has 130 valence electrons. The molecule has 3 rings (SSSR count). The van der Waals surface area contributed by atoms with Crippen LogP contribution in [0.1, 0.15) is 35.9 Å². The summed E-state index contributed by atoms with van der Waals surface area (Å²) in [4.78, 5) is 28.4. The normalized spacial score (nSPS) is 11.0. The van der Waals surface area contributed by atoms with Crippen LogP contribution < -0.4 is 11.3 Å².